The molecule has 0 bridgehead atoms. The van der Waals surface area contributed by atoms with Crippen molar-refractivity contribution in [1.82, 2.24) is 24.6 Å². The lowest BCUT2D eigenvalue weighted by molar-refractivity contribution is -0.131. The number of rotatable bonds is 4. The Kier molecular flexibility index (Phi) is 3.88. The highest BCUT2D eigenvalue weighted by molar-refractivity contribution is 5.93. The van der Waals surface area contributed by atoms with E-state index in [9.17, 15) is 4.79 Å². The summed E-state index contributed by atoms with van der Waals surface area (Å²) in [6.07, 6.45) is 8.90. The van der Waals surface area contributed by atoms with Crippen molar-refractivity contribution in [2.24, 2.45) is 13.0 Å². The molecule has 2 fully saturated rings. The molecule has 1 saturated heterocycles. The molecular formula is C20H24N6O. The van der Waals surface area contributed by atoms with Crippen LogP contribution >= 0.6 is 0 Å². The van der Waals surface area contributed by atoms with E-state index in [1.807, 2.05) is 30.5 Å². The second-order valence-corrected chi connectivity index (χ2v) is 7.69. The van der Waals surface area contributed by atoms with Crippen LogP contribution < -0.4 is 4.90 Å². The summed E-state index contributed by atoms with van der Waals surface area (Å²) in [4.78, 5) is 24.7. The minimum absolute atomic E-state index is 0.331. The lowest BCUT2D eigenvalue weighted by Crippen LogP contribution is -2.48. The van der Waals surface area contributed by atoms with E-state index in [0.717, 1.165) is 54.9 Å². The Balaban J connectivity index is 1.35. The predicted octanol–water partition coefficient (Wildman–Crippen LogP) is 2.41. The van der Waals surface area contributed by atoms with Gasteiger partial charge >= 0.3 is 0 Å². The van der Waals surface area contributed by atoms with Gasteiger partial charge in [0.1, 0.15) is 5.65 Å². The van der Waals surface area contributed by atoms with Crippen molar-refractivity contribution in [3.63, 3.8) is 0 Å². The van der Waals surface area contributed by atoms with E-state index in [0.29, 0.717) is 11.8 Å². The van der Waals surface area contributed by atoms with E-state index in [4.69, 9.17) is 0 Å². The molecule has 5 rings (SSSR count). The van der Waals surface area contributed by atoms with Gasteiger partial charge in [0.15, 0.2) is 0 Å². The van der Waals surface area contributed by atoms with Crippen molar-refractivity contribution < 1.29 is 4.79 Å². The molecule has 2 aliphatic rings. The molecule has 4 heterocycles. The Morgan fingerprint density at radius 3 is 2.78 bits per heavy atom. The number of aromatic amines is 1. The van der Waals surface area contributed by atoms with E-state index in [1.54, 1.807) is 4.68 Å². The van der Waals surface area contributed by atoms with E-state index in [1.165, 1.54) is 18.5 Å². The van der Waals surface area contributed by atoms with Gasteiger partial charge in [0.05, 0.1) is 11.9 Å². The number of carbonyl (C=O) groups is 1. The summed E-state index contributed by atoms with van der Waals surface area (Å²) < 4.78 is 1.80. The second kappa shape index (κ2) is 6.40. The third kappa shape index (κ3) is 3.18. The van der Waals surface area contributed by atoms with Crippen molar-refractivity contribution in [3.8, 4) is 11.3 Å². The number of hydrogen-bond acceptors (Lipinski definition) is 4. The SMILES string of the molecule is Cn1cc(-c2cc3c(N4CCN(C(=O)CC5CC5)CC4)ccnc3[nH]2)cn1. The van der Waals surface area contributed by atoms with E-state index in [2.05, 4.69) is 32.1 Å². The third-order valence-corrected chi connectivity index (χ3v) is 5.66. The first-order chi connectivity index (χ1) is 13.2. The van der Waals surface area contributed by atoms with Crippen LogP contribution in [-0.2, 0) is 11.8 Å². The van der Waals surface area contributed by atoms with Crippen LogP contribution in [0.2, 0.25) is 0 Å². The highest BCUT2D eigenvalue weighted by Crippen LogP contribution is 2.33. The van der Waals surface area contributed by atoms with Crippen LogP contribution in [0.1, 0.15) is 19.3 Å². The first-order valence-corrected chi connectivity index (χ1v) is 9.67. The number of aryl methyl sites for hydroxylation is 1. The number of piperazine rings is 1. The monoisotopic (exact) mass is 364 g/mol. The van der Waals surface area contributed by atoms with Gasteiger partial charge in [0, 0.05) is 68.7 Å². The van der Waals surface area contributed by atoms with Gasteiger partial charge in [-0.2, -0.15) is 5.10 Å². The van der Waals surface area contributed by atoms with E-state index in [-0.39, 0.29) is 0 Å². The first kappa shape index (κ1) is 16.4. The van der Waals surface area contributed by atoms with Crippen LogP contribution in [0.25, 0.3) is 22.3 Å². The molecule has 1 saturated carbocycles. The van der Waals surface area contributed by atoms with Crippen LogP contribution in [0.15, 0.2) is 30.7 Å². The standard InChI is InChI=1S/C20H24N6O/c1-24-13-15(12-22-24)17-11-16-18(4-5-21-20(16)23-17)25-6-8-26(9-7-25)19(27)10-14-2-3-14/h4-5,11-14H,2-3,6-10H2,1H3,(H,21,23). The molecule has 140 valence electrons. The fourth-order valence-electron chi connectivity index (χ4n) is 3.90. The van der Waals surface area contributed by atoms with Crippen molar-refractivity contribution in [1.29, 1.82) is 0 Å². The summed E-state index contributed by atoms with van der Waals surface area (Å²) in [5, 5.41) is 5.37. The summed E-state index contributed by atoms with van der Waals surface area (Å²) in [7, 11) is 1.92. The quantitative estimate of drug-likeness (QED) is 0.772. The number of H-pyrrole nitrogens is 1. The molecule has 1 aliphatic heterocycles. The normalized spacial score (nSPS) is 17.7. The number of pyridine rings is 1. The second-order valence-electron chi connectivity index (χ2n) is 7.69. The molecule has 0 atom stereocenters. The van der Waals surface area contributed by atoms with Gasteiger partial charge in [0.25, 0.3) is 0 Å². The van der Waals surface area contributed by atoms with Gasteiger partial charge in [-0.25, -0.2) is 4.98 Å². The largest absolute Gasteiger partial charge is 0.367 e. The van der Waals surface area contributed by atoms with Gasteiger partial charge in [-0.05, 0) is 30.9 Å². The van der Waals surface area contributed by atoms with Crippen molar-refractivity contribution in [2.45, 2.75) is 19.3 Å². The molecule has 0 spiro atoms. The Labute approximate surface area is 158 Å². The summed E-state index contributed by atoms with van der Waals surface area (Å²) in [6, 6.07) is 4.23. The Bertz CT molecular complexity index is 977. The maximum absolute atomic E-state index is 12.4. The van der Waals surface area contributed by atoms with E-state index >= 15 is 0 Å². The molecule has 0 radical (unpaired) electrons. The van der Waals surface area contributed by atoms with Crippen molar-refractivity contribution >= 4 is 22.6 Å². The smallest absolute Gasteiger partial charge is 0.222 e. The maximum atomic E-state index is 12.4. The maximum Gasteiger partial charge on any atom is 0.222 e. The lowest BCUT2D eigenvalue weighted by atomic mass is 10.2. The van der Waals surface area contributed by atoms with Gasteiger partial charge in [0.2, 0.25) is 5.91 Å². The van der Waals surface area contributed by atoms with Gasteiger partial charge in [-0.3, -0.25) is 9.48 Å². The Morgan fingerprint density at radius 1 is 1.26 bits per heavy atom. The topological polar surface area (TPSA) is 70.1 Å². The molecule has 1 N–H and O–H groups in total. The Hall–Kier alpha value is -2.83. The van der Waals surface area contributed by atoms with Gasteiger partial charge in [-0.1, -0.05) is 0 Å². The summed E-state index contributed by atoms with van der Waals surface area (Å²) in [6.45, 7) is 3.33. The molecule has 27 heavy (non-hydrogen) atoms. The van der Waals surface area contributed by atoms with Crippen LogP contribution in [0.4, 0.5) is 5.69 Å². The minimum atomic E-state index is 0.331. The molecule has 3 aromatic rings. The summed E-state index contributed by atoms with van der Waals surface area (Å²) >= 11 is 0. The van der Waals surface area contributed by atoms with Crippen LogP contribution in [-0.4, -0.2) is 56.7 Å². The van der Waals surface area contributed by atoms with Crippen LogP contribution in [0.3, 0.4) is 0 Å². The molecule has 1 amide bonds. The molecule has 0 unspecified atom stereocenters. The number of hydrogen-bond donors (Lipinski definition) is 1. The number of amides is 1. The summed E-state index contributed by atoms with van der Waals surface area (Å²) in [5.41, 5.74) is 4.15. The van der Waals surface area contributed by atoms with Crippen LogP contribution in [0.5, 0.6) is 0 Å². The number of nitrogens with one attached hydrogen (secondary N) is 1. The molecular weight excluding hydrogens is 340 g/mol. The first-order valence-electron chi connectivity index (χ1n) is 9.67. The number of aromatic nitrogens is 4. The zero-order valence-corrected chi connectivity index (χ0v) is 15.6. The van der Waals surface area contributed by atoms with E-state index < -0.39 is 0 Å². The zero-order chi connectivity index (χ0) is 18.4. The Morgan fingerprint density at radius 2 is 2.07 bits per heavy atom. The molecule has 1 aliphatic carbocycles. The molecule has 7 heteroatoms. The highest BCUT2D eigenvalue weighted by Gasteiger charge is 2.29. The fraction of sp³-hybridized carbons (Fsp3) is 0.450. The summed E-state index contributed by atoms with van der Waals surface area (Å²) in [5.74, 6) is 0.985. The van der Waals surface area contributed by atoms with Gasteiger partial charge < -0.3 is 14.8 Å². The molecule has 3 aromatic heterocycles. The number of carbonyl (C=O) groups excluding carboxylic acids is 1. The van der Waals surface area contributed by atoms with Gasteiger partial charge in [-0.15, -0.1) is 0 Å². The third-order valence-electron chi connectivity index (χ3n) is 5.66. The average molecular weight is 364 g/mol. The molecule has 0 aromatic carbocycles. The number of fused-ring (bicyclic) bond motifs is 1. The lowest BCUT2D eigenvalue weighted by Gasteiger charge is -2.36. The minimum Gasteiger partial charge on any atom is -0.367 e. The predicted molar refractivity (Wildman–Crippen MR) is 104 cm³/mol. The fourth-order valence-corrected chi connectivity index (χ4v) is 3.90. The zero-order valence-electron chi connectivity index (χ0n) is 15.6. The molecule has 7 nitrogen and oxygen atoms in total. The average Bonchev–Trinajstić information content (AvgIpc) is 3.21. The highest BCUT2D eigenvalue weighted by atomic mass is 16.2. The van der Waals surface area contributed by atoms with Crippen molar-refractivity contribution in [2.75, 3.05) is 31.1 Å². The number of anilines is 1. The number of nitrogens with zero attached hydrogens (tertiary/aromatic N) is 5. The van der Waals surface area contributed by atoms with Crippen LogP contribution in [0, 0.1) is 5.92 Å². The van der Waals surface area contributed by atoms with Crippen molar-refractivity contribution in [3.05, 3.63) is 30.7 Å².